The van der Waals surface area contributed by atoms with Gasteiger partial charge in [-0.1, -0.05) is 0 Å². The summed E-state index contributed by atoms with van der Waals surface area (Å²) in [7, 11) is 0. The quantitative estimate of drug-likeness (QED) is 0.737. The molecule has 148 valence electrons. The number of carbonyl (C=O) groups excluding carboxylic acids is 1. The lowest BCUT2D eigenvalue weighted by molar-refractivity contribution is -0.0103. The minimum Gasteiger partial charge on any atom is -0.384 e. The average Bonchev–Trinajstić information content (AvgIpc) is 2.75. The van der Waals surface area contributed by atoms with E-state index in [1.54, 1.807) is 6.20 Å². The van der Waals surface area contributed by atoms with Gasteiger partial charge in [0.05, 0.1) is 5.69 Å². The van der Waals surface area contributed by atoms with E-state index in [2.05, 4.69) is 25.4 Å². The number of urea groups is 1. The number of piperidine rings is 3. The molecule has 7 nitrogen and oxygen atoms in total. The van der Waals surface area contributed by atoms with E-state index in [1.165, 1.54) is 32.5 Å². The van der Waals surface area contributed by atoms with Gasteiger partial charge in [-0.05, 0) is 50.4 Å². The maximum absolute atomic E-state index is 12.4. The molecule has 1 aromatic heterocycles. The van der Waals surface area contributed by atoms with Crippen LogP contribution in [0, 0.1) is 5.92 Å². The van der Waals surface area contributed by atoms with Gasteiger partial charge < -0.3 is 20.4 Å². The van der Waals surface area contributed by atoms with Crippen LogP contribution < -0.4 is 10.6 Å². The summed E-state index contributed by atoms with van der Waals surface area (Å²) in [5, 5.41) is 6.38. The number of carbonyl (C=O) groups is 1. The zero-order valence-corrected chi connectivity index (χ0v) is 16.1. The third kappa shape index (κ3) is 4.71. The normalized spacial score (nSPS) is 28.1. The number of piperazine rings is 1. The van der Waals surface area contributed by atoms with Crippen molar-refractivity contribution >= 4 is 11.7 Å². The molecule has 0 radical (unpaired) electrons. The Hall–Kier alpha value is -1.86. The smallest absolute Gasteiger partial charge is 0.317 e. The van der Waals surface area contributed by atoms with Gasteiger partial charge in [0.25, 0.3) is 0 Å². The van der Waals surface area contributed by atoms with Gasteiger partial charge in [-0.3, -0.25) is 9.88 Å². The van der Waals surface area contributed by atoms with Crippen LogP contribution >= 0.6 is 0 Å². The molecule has 1 unspecified atom stereocenters. The molecular weight excluding hydrogens is 340 g/mol. The number of anilines is 1. The molecule has 4 aliphatic heterocycles. The van der Waals surface area contributed by atoms with Crippen molar-refractivity contribution in [1.29, 1.82) is 0 Å². The van der Waals surface area contributed by atoms with Crippen molar-refractivity contribution < 1.29 is 4.79 Å². The van der Waals surface area contributed by atoms with E-state index in [1.807, 2.05) is 23.2 Å². The molecule has 27 heavy (non-hydrogen) atoms. The first-order valence-electron chi connectivity index (χ1n) is 10.4. The summed E-state index contributed by atoms with van der Waals surface area (Å²) >= 11 is 0. The summed E-state index contributed by atoms with van der Waals surface area (Å²) in [5.74, 6) is 0.877. The highest BCUT2D eigenvalue weighted by atomic mass is 16.2. The van der Waals surface area contributed by atoms with E-state index in [0.717, 1.165) is 56.8 Å². The van der Waals surface area contributed by atoms with Crippen LogP contribution in [0.25, 0.3) is 0 Å². The fourth-order valence-corrected chi connectivity index (χ4v) is 4.70. The summed E-state index contributed by atoms with van der Waals surface area (Å²) in [6.07, 6.45) is 7.20. The average molecular weight is 373 g/mol. The van der Waals surface area contributed by atoms with Crippen LogP contribution in [0.2, 0.25) is 0 Å². The van der Waals surface area contributed by atoms with Gasteiger partial charge in [0.15, 0.2) is 0 Å². The van der Waals surface area contributed by atoms with Crippen LogP contribution in [0.4, 0.5) is 10.5 Å². The Morgan fingerprint density at radius 2 is 1.93 bits per heavy atom. The van der Waals surface area contributed by atoms with Crippen molar-refractivity contribution in [2.75, 3.05) is 64.2 Å². The van der Waals surface area contributed by atoms with Gasteiger partial charge in [0.2, 0.25) is 0 Å². The second-order valence-corrected chi connectivity index (χ2v) is 7.98. The van der Waals surface area contributed by atoms with Gasteiger partial charge in [-0.25, -0.2) is 4.79 Å². The van der Waals surface area contributed by atoms with Gasteiger partial charge >= 0.3 is 6.03 Å². The predicted molar refractivity (Wildman–Crippen MR) is 107 cm³/mol. The summed E-state index contributed by atoms with van der Waals surface area (Å²) in [5.41, 5.74) is 1.02. The molecular formula is C20H32N6O. The first-order chi connectivity index (χ1) is 13.3. The van der Waals surface area contributed by atoms with E-state index in [4.69, 9.17) is 0 Å². The minimum atomic E-state index is 0.0879. The zero-order chi connectivity index (χ0) is 18.5. The Balaban J connectivity index is 1.12. The fraction of sp³-hybridized carbons (Fsp3) is 0.700. The Morgan fingerprint density at radius 1 is 1.11 bits per heavy atom. The first kappa shape index (κ1) is 18.5. The molecule has 1 atom stereocenters. The van der Waals surface area contributed by atoms with Crippen LogP contribution in [0.5, 0.6) is 0 Å². The molecule has 2 amide bonds. The highest BCUT2D eigenvalue weighted by Crippen LogP contribution is 2.31. The molecule has 5 rings (SSSR count). The molecule has 0 saturated carbocycles. The van der Waals surface area contributed by atoms with Crippen molar-refractivity contribution in [2.24, 2.45) is 5.92 Å². The van der Waals surface area contributed by atoms with Crippen LogP contribution in [0.3, 0.4) is 0 Å². The SMILES string of the molecule is O=C(NCCCNc1cccnc1)N1CCN(C2CN3CCC2CC3)CC1. The summed E-state index contributed by atoms with van der Waals surface area (Å²) in [4.78, 5) is 23.7. The Labute approximate surface area is 162 Å². The molecule has 0 spiro atoms. The number of hydrogen-bond acceptors (Lipinski definition) is 5. The topological polar surface area (TPSA) is 63.7 Å². The van der Waals surface area contributed by atoms with Crippen LogP contribution in [0.1, 0.15) is 19.3 Å². The molecule has 2 bridgehead atoms. The number of pyridine rings is 1. The van der Waals surface area contributed by atoms with E-state index in [0.29, 0.717) is 6.54 Å². The van der Waals surface area contributed by atoms with Gasteiger partial charge in [-0.15, -0.1) is 0 Å². The lowest BCUT2D eigenvalue weighted by Gasteiger charge is -2.50. The third-order valence-corrected chi connectivity index (χ3v) is 6.31. The maximum Gasteiger partial charge on any atom is 0.317 e. The van der Waals surface area contributed by atoms with E-state index < -0.39 is 0 Å². The number of amides is 2. The molecule has 4 aliphatic rings. The first-order valence-corrected chi connectivity index (χ1v) is 10.4. The van der Waals surface area contributed by atoms with Crippen molar-refractivity contribution in [3.8, 4) is 0 Å². The maximum atomic E-state index is 12.4. The zero-order valence-electron chi connectivity index (χ0n) is 16.1. The van der Waals surface area contributed by atoms with Crippen LogP contribution in [0.15, 0.2) is 24.5 Å². The van der Waals surface area contributed by atoms with Crippen molar-refractivity contribution in [3.05, 3.63) is 24.5 Å². The van der Waals surface area contributed by atoms with Crippen molar-refractivity contribution in [2.45, 2.75) is 25.3 Å². The molecule has 4 fully saturated rings. The van der Waals surface area contributed by atoms with Crippen molar-refractivity contribution in [1.82, 2.24) is 25.0 Å². The fourth-order valence-electron chi connectivity index (χ4n) is 4.70. The highest BCUT2D eigenvalue weighted by molar-refractivity contribution is 5.74. The van der Waals surface area contributed by atoms with Gasteiger partial charge in [0.1, 0.15) is 0 Å². The largest absolute Gasteiger partial charge is 0.384 e. The molecule has 4 saturated heterocycles. The molecule has 2 N–H and O–H groups in total. The Morgan fingerprint density at radius 3 is 2.59 bits per heavy atom. The summed E-state index contributed by atoms with van der Waals surface area (Å²) < 4.78 is 0. The minimum absolute atomic E-state index is 0.0879. The monoisotopic (exact) mass is 372 g/mol. The molecule has 1 aromatic rings. The lowest BCUT2D eigenvalue weighted by Crippen LogP contribution is -2.62. The van der Waals surface area contributed by atoms with Gasteiger partial charge in [-0.2, -0.15) is 0 Å². The second kappa shape index (κ2) is 8.89. The van der Waals surface area contributed by atoms with E-state index in [-0.39, 0.29) is 6.03 Å². The number of fused-ring (bicyclic) bond motifs is 3. The number of nitrogens with zero attached hydrogens (tertiary/aromatic N) is 4. The number of nitrogens with one attached hydrogen (secondary N) is 2. The standard InChI is InChI=1S/C20H32N6O/c27-20(23-8-2-7-22-18-3-1-6-21-15-18)26-13-11-25(12-14-26)19-16-24-9-4-17(19)5-10-24/h1,3,6,15,17,19,22H,2,4-5,7-14,16H2,(H,23,27). The van der Waals surface area contributed by atoms with Crippen LogP contribution in [-0.2, 0) is 0 Å². The Bertz CT molecular complexity index is 596. The highest BCUT2D eigenvalue weighted by Gasteiger charge is 2.38. The molecule has 0 aliphatic carbocycles. The number of aromatic nitrogens is 1. The van der Waals surface area contributed by atoms with Crippen molar-refractivity contribution in [3.63, 3.8) is 0 Å². The van der Waals surface area contributed by atoms with E-state index >= 15 is 0 Å². The van der Waals surface area contributed by atoms with Gasteiger partial charge in [0, 0.05) is 64.2 Å². The molecule has 7 heteroatoms. The predicted octanol–water partition coefficient (Wildman–Crippen LogP) is 1.31. The Kier molecular flexibility index (Phi) is 6.09. The third-order valence-electron chi connectivity index (χ3n) is 6.31. The lowest BCUT2D eigenvalue weighted by atomic mass is 9.83. The number of rotatable bonds is 6. The van der Waals surface area contributed by atoms with E-state index in [9.17, 15) is 4.79 Å². The summed E-state index contributed by atoms with van der Waals surface area (Å²) in [6, 6.07) is 4.72. The second-order valence-electron chi connectivity index (χ2n) is 7.98. The molecule has 0 aromatic carbocycles. The number of hydrogen-bond donors (Lipinski definition) is 2. The molecule has 5 heterocycles. The van der Waals surface area contributed by atoms with Crippen LogP contribution in [-0.4, -0.2) is 90.7 Å². The summed E-state index contributed by atoms with van der Waals surface area (Å²) in [6.45, 7) is 9.09.